The van der Waals surface area contributed by atoms with Gasteiger partial charge < -0.3 is 9.84 Å². The van der Waals surface area contributed by atoms with E-state index in [1.54, 1.807) is 6.08 Å². The van der Waals surface area contributed by atoms with Crippen LogP contribution in [0.2, 0.25) is 0 Å². The first kappa shape index (κ1) is 15.0. The van der Waals surface area contributed by atoms with Crippen LogP contribution in [0.3, 0.4) is 0 Å². The first-order valence-electron chi connectivity index (χ1n) is 9.03. The summed E-state index contributed by atoms with van der Waals surface area (Å²) in [6.45, 7) is 6.55. The summed E-state index contributed by atoms with van der Waals surface area (Å²) in [4.78, 5) is 24.7. The Morgan fingerprint density at radius 2 is 1.96 bits per heavy atom. The van der Waals surface area contributed by atoms with Crippen molar-refractivity contribution in [2.24, 2.45) is 22.2 Å². The molecule has 0 aromatic heterocycles. The molecule has 4 nitrogen and oxygen atoms in total. The SMILES string of the molecule is CC1(C)[C@@H]2CC[C@]3(C)O[C@@]4(O)C=CC(=O)C=C4[C@]14CC(=O)CC[C@@]234. The minimum absolute atomic E-state index is 0.123. The summed E-state index contributed by atoms with van der Waals surface area (Å²) in [5.41, 5.74) is -0.559. The second-order valence-corrected chi connectivity index (χ2v) is 9.23. The molecule has 0 unspecified atom stereocenters. The van der Waals surface area contributed by atoms with Crippen molar-refractivity contribution < 1.29 is 19.4 Å². The zero-order chi connectivity index (χ0) is 17.2. The van der Waals surface area contributed by atoms with Crippen molar-refractivity contribution >= 4 is 11.6 Å². The first-order chi connectivity index (χ1) is 11.1. The molecule has 1 heterocycles. The predicted octanol–water partition coefficient (Wildman–Crippen LogP) is 2.70. The van der Waals surface area contributed by atoms with Crippen LogP contribution in [0.5, 0.6) is 0 Å². The lowest BCUT2D eigenvalue weighted by atomic mass is 9.24. The van der Waals surface area contributed by atoms with Crippen molar-refractivity contribution in [1.29, 1.82) is 0 Å². The average Bonchev–Trinajstić information content (AvgIpc) is 2.77. The maximum atomic E-state index is 12.5. The smallest absolute Gasteiger partial charge is 0.210 e. The third-order valence-corrected chi connectivity index (χ3v) is 8.43. The first-order valence-corrected chi connectivity index (χ1v) is 9.03. The van der Waals surface area contributed by atoms with Crippen LogP contribution in [-0.4, -0.2) is 28.1 Å². The number of Topliss-reactive ketones (excluding diaryl/α,β-unsaturated/α-hetero) is 1. The molecule has 1 N–H and O–H groups in total. The number of ketones is 2. The Balaban J connectivity index is 1.85. The van der Waals surface area contributed by atoms with Gasteiger partial charge in [-0.1, -0.05) is 13.8 Å². The zero-order valence-electron chi connectivity index (χ0n) is 14.5. The fourth-order valence-electron chi connectivity index (χ4n) is 7.80. The van der Waals surface area contributed by atoms with E-state index in [4.69, 9.17) is 4.74 Å². The third kappa shape index (κ3) is 1.18. The number of allylic oxidation sites excluding steroid dienone is 2. The molecule has 3 saturated carbocycles. The summed E-state index contributed by atoms with van der Waals surface area (Å²) >= 11 is 0. The molecular weight excluding hydrogens is 304 g/mol. The van der Waals surface area contributed by atoms with E-state index in [9.17, 15) is 14.7 Å². The maximum absolute atomic E-state index is 12.5. The van der Waals surface area contributed by atoms with Crippen LogP contribution < -0.4 is 0 Å². The monoisotopic (exact) mass is 328 g/mol. The molecule has 1 saturated heterocycles. The van der Waals surface area contributed by atoms with Crippen molar-refractivity contribution in [3.63, 3.8) is 0 Å². The lowest BCUT2D eigenvalue weighted by Gasteiger charge is -2.81. The molecule has 4 fully saturated rings. The molecule has 1 aliphatic heterocycles. The Hall–Kier alpha value is -1.26. The van der Waals surface area contributed by atoms with Crippen LogP contribution in [0.15, 0.2) is 23.8 Å². The molecule has 5 atom stereocenters. The van der Waals surface area contributed by atoms with Crippen LogP contribution in [-0.2, 0) is 14.3 Å². The Morgan fingerprint density at radius 1 is 1.21 bits per heavy atom. The number of rotatable bonds is 0. The van der Waals surface area contributed by atoms with E-state index in [1.165, 1.54) is 12.2 Å². The Morgan fingerprint density at radius 3 is 2.71 bits per heavy atom. The molecule has 0 aromatic rings. The minimum Gasteiger partial charge on any atom is -0.359 e. The van der Waals surface area contributed by atoms with Crippen molar-refractivity contribution in [2.75, 3.05) is 0 Å². The number of hydrogen-bond acceptors (Lipinski definition) is 4. The molecule has 0 amide bonds. The largest absolute Gasteiger partial charge is 0.359 e. The van der Waals surface area contributed by atoms with Gasteiger partial charge >= 0.3 is 0 Å². The normalized spacial score (nSPS) is 53.7. The third-order valence-electron chi connectivity index (χ3n) is 8.43. The molecule has 5 aliphatic rings. The van der Waals surface area contributed by atoms with Gasteiger partial charge in [0.25, 0.3) is 0 Å². The van der Waals surface area contributed by atoms with E-state index in [0.29, 0.717) is 24.3 Å². The molecule has 128 valence electrons. The van der Waals surface area contributed by atoms with E-state index >= 15 is 0 Å². The van der Waals surface area contributed by atoms with Crippen molar-refractivity contribution in [3.8, 4) is 0 Å². The minimum atomic E-state index is -1.56. The summed E-state index contributed by atoms with van der Waals surface area (Å²) < 4.78 is 6.36. The topological polar surface area (TPSA) is 63.6 Å². The predicted molar refractivity (Wildman–Crippen MR) is 86.9 cm³/mol. The molecule has 4 aliphatic carbocycles. The highest BCUT2D eigenvalue weighted by Gasteiger charge is 2.88. The Bertz CT molecular complexity index is 762. The van der Waals surface area contributed by atoms with Gasteiger partial charge in [-0.05, 0) is 55.7 Å². The van der Waals surface area contributed by atoms with E-state index in [0.717, 1.165) is 19.3 Å². The summed E-state index contributed by atoms with van der Waals surface area (Å²) in [5, 5.41) is 11.3. The highest BCUT2D eigenvalue weighted by Crippen LogP contribution is 2.88. The second kappa shape index (κ2) is 3.78. The highest BCUT2D eigenvalue weighted by molar-refractivity contribution is 6.02. The summed E-state index contributed by atoms with van der Waals surface area (Å²) in [7, 11) is 0. The van der Waals surface area contributed by atoms with Crippen LogP contribution in [0.4, 0.5) is 0 Å². The van der Waals surface area contributed by atoms with Gasteiger partial charge in [-0.3, -0.25) is 9.59 Å². The van der Waals surface area contributed by atoms with Crippen molar-refractivity contribution in [2.45, 2.75) is 64.3 Å². The van der Waals surface area contributed by atoms with Gasteiger partial charge in [0, 0.05) is 29.2 Å². The molecule has 5 rings (SSSR count). The van der Waals surface area contributed by atoms with E-state index < -0.39 is 16.8 Å². The molecule has 24 heavy (non-hydrogen) atoms. The maximum Gasteiger partial charge on any atom is 0.210 e. The quantitative estimate of drug-likeness (QED) is 0.742. The fourth-order valence-corrected chi connectivity index (χ4v) is 7.80. The Kier molecular flexibility index (Phi) is 2.37. The number of aliphatic hydroxyl groups is 1. The molecule has 0 bridgehead atoms. The lowest BCUT2D eigenvalue weighted by Crippen LogP contribution is -2.82. The van der Waals surface area contributed by atoms with Gasteiger partial charge in [0.05, 0.1) is 5.60 Å². The summed E-state index contributed by atoms with van der Waals surface area (Å²) in [6, 6.07) is 0. The van der Waals surface area contributed by atoms with Crippen molar-refractivity contribution in [3.05, 3.63) is 23.8 Å². The van der Waals surface area contributed by atoms with E-state index in [1.807, 2.05) is 0 Å². The Labute approximate surface area is 141 Å². The van der Waals surface area contributed by atoms with Gasteiger partial charge in [-0.25, -0.2) is 0 Å². The second-order valence-electron chi connectivity index (χ2n) is 9.23. The highest BCUT2D eigenvalue weighted by atomic mass is 16.6. The number of carbonyl (C=O) groups is 2. The van der Waals surface area contributed by atoms with Gasteiger partial charge in [-0.2, -0.15) is 0 Å². The van der Waals surface area contributed by atoms with Crippen LogP contribution in [0, 0.1) is 22.2 Å². The van der Waals surface area contributed by atoms with Gasteiger partial charge in [0.2, 0.25) is 5.79 Å². The number of ether oxygens (including phenoxy) is 1. The van der Waals surface area contributed by atoms with E-state index in [-0.39, 0.29) is 22.4 Å². The van der Waals surface area contributed by atoms with Gasteiger partial charge in [0.1, 0.15) is 5.78 Å². The molecular formula is C20H24O4. The van der Waals surface area contributed by atoms with Crippen LogP contribution in [0.1, 0.15) is 52.9 Å². The molecule has 0 aromatic carbocycles. The molecule has 4 heteroatoms. The van der Waals surface area contributed by atoms with Gasteiger partial charge in [-0.15, -0.1) is 0 Å². The van der Waals surface area contributed by atoms with Crippen LogP contribution in [0.25, 0.3) is 0 Å². The molecule has 0 radical (unpaired) electrons. The van der Waals surface area contributed by atoms with Crippen LogP contribution >= 0.6 is 0 Å². The van der Waals surface area contributed by atoms with Crippen molar-refractivity contribution in [1.82, 2.24) is 0 Å². The standard InChI is InChI=1S/C20H24O4/c1-16(2)14-6-7-17(3)18(14)8-4-13(22)11-19(16,18)15-10-12(21)5-9-20(15,23)24-17/h5,9-10,14,23H,4,6-8,11H2,1-3H3/t14-,17-,18+,19+,20-/m0/s1. The number of hydrogen-bond donors (Lipinski definition) is 1. The summed E-state index contributed by atoms with van der Waals surface area (Å²) in [6.07, 6.45) is 8.20. The number of carbonyl (C=O) groups excluding carboxylic acids is 2. The lowest BCUT2D eigenvalue weighted by molar-refractivity contribution is -0.384. The molecule has 1 spiro atoms. The van der Waals surface area contributed by atoms with E-state index in [2.05, 4.69) is 20.8 Å². The summed E-state index contributed by atoms with van der Waals surface area (Å²) in [5.74, 6) is -0.971. The average molecular weight is 328 g/mol. The zero-order valence-corrected chi connectivity index (χ0v) is 14.5. The van der Waals surface area contributed by atoms with Gasteiger partial charge in [0.15, 0.2) is 5.78 Å². The fraction of sp³-hybridized carbons (Fsp3) is 0.700. The number of fused-ring (bicyclic) bond motifs is 1.